The van der Waals surface area contributed by atoms with E-state index in [1.54, 1.807) is 36.5 Å². The molecule has 2 aromatic rings. The number of rotatable bonds is 6. The van der Waals surface area contributed by atoms with Crippen molar-refractivity contribution in [2.75, 3.05) is 7.05 Å². The average molecular weight is 407 g/mol. The van der Waals surface area contributed by atoms with E-state index in [1.807, 2.05) is 17.0 Å². The second-order valence-electron chi connectivity index (χ2n) is 8.11. The molecule has 2 amide bonds. The Balaban J connectivity index is 1.49. The van der Waals surface area contributed by atoms with Crippen molar-refractivity contribution in [1.82, 2.24) is 14.8 Å². The summed E-state index contributed by atoms with van der Waals surface area (Å²) in [6.45, 7) is 0.905. The number of carbonyl (C=O) groups is 2. The standard InChI is InChI=1S/C24H26FN3O2/c1-27(15-18-5-4-12-26-14-18)23(29)13-21-20-6-2-3-7-22(20)28(24(21)30)16-17-8-10-19(25)11-9-17/h4-5,8-12,14,22H,2-3,6-7,13,15-16H2,1H3. The molecule has 6 heteroatoms. The van der Waals surface area contributed by atoms with Gasteiger partial charge in [-0.15, -0.1) is 0 Å². The molecule has 0 saturated heterocycles. The molecular formula is C24H26FN3O2. The van der Waals surface area contributed by atoms with Crippen LogP contribution in [0.2, 0.25) is 0 Å². The van der Waals surface area contributed by atoms with Crippen molar-refractivity contribution in [1.29, 1.82) is 0 Å². The molecular weight excluding hydrogens is 381 g/mol. The predicted molar refractivity (Wildman–Crippen MR) is 112 cm³/mol. The highest BCUT2D eigenvalue weighted by molar-refractivity contribution is 6.02. The summed E-state index contributed by atoms with van der Waals surface area (Å²) in [6, 6.07) is 10.1. The van der Waals surface area contributed by atoms with Gasteiger partial charge in [-0.2, -0.15) is 0 Å². The maximum atomic E-state index is 13.3. The average Bonchev–Trinajstić information content (AvgIpc) is 3.02. The molecule has 1 aliphatic carbocycles. The van der Waals surface area contributed by atoms with Crippen molar-refractivity contribution >= 4 is 11.8 Å². The number of amides is 2. The first-order chi connectivity index (χ1) is 14.5. The Morgan fingerprint density at radius 1 is 1.20 bits per heavy atom. The van der Waals surface area contributed by atoms with Crippen LogP contribution < -0.4 is 0 Å². The molecule has 2 heterocycles. The Morgan fingerprint density at radius 3 is 2.73 bits per heavy atom. The van der Waals surface area contributed by atoms with Crippen LogP contribution in [-0.2, 0) is 22.7 Å². The highest BCUT2D eigenvalue weighted by Gasteiger charge is 2.40. The summed E-state index contributed by atoms with van der Waals surface area (Å²) < 4.78 is 13.2. The summed E-state index contributed by atoms with van der Waals surface area (Å²) in [5.74, 6) is -0.405. The van der Waals surface area contributed by atoms with Crippen molar-refractivity contribution in [3.05, 3.63) is 76.9 Å². The van der Waals surface area contributed by atoms with Gasteiger partial charge in [0.1, 0.15) is 5.82 Å². The van der Waals surface area contributed by atoms with E-state index in [0.29, 0.717) is 18.7 Å². The summed E-state index contributed by atoms with van der Waals surface area (Å²) >= 11 is 0. The Hall–Kier alpha value is -3.02. The van der Waals surface area contributed by atoms with Gasteiger partial charge in [0.05, 0.1) is 12.5 Å². The first-order valence-electron chi connectivity index (χ1n) is 10.4. The summed E-state index contributed by atoms with van der Waals surface area (Å²) in [4.78, 5) is 33.8. The van der Waals surface area contributed by atoms with Crippen LogP contribution in [0.3, 0.4) is 0 Å². The van der Waals surface area contributed by atoms with Crippen molar-refractivity contribution in [2.24, 2.45) is 0 Å². The largest absolute Gasteiger partial charge is 0.341 e. The lowest BCUT2D eigenvalue weighted by Gasteiger charge is -2.30. The molecule has 0 radical (unpaired) electrons. The minimum atomic E-state index is -0.286. The van der Waals surface area contributed by atoms with E-state index in [9.17, 15) is 14.0 Å². The molecule has 1 unspecified atom stereocenters. The smallest absolute Gasteiger partial charge is 0.251 e. The summed E-state index contributed by atoms with van der Waals surface area (Å²) in [5, 5.41) is 0. The molecule has 1 saturated carbocycles. The van der Waals surface area contributed by atoms with Crippen LogP contribution >= 0.6 is 0 Å². The first kappa shape index (κ1) is 20.3. The maximum absolute atomic E-state index is 13.3. The molecule has 4 rings (SSSR count). The molecule has 156 valence electrons. The highest BCUT2D eigenvalue weighted by atomic mass is 19.1. The van der Waals surface area contributed by atoms with Crippen molar-refractivity contribution < 1.29 is 14.0 Å². The number of carbonyl (C=O) groups excluding carboxylic acids is 2. The molecule has 1 aromatic carbocycles. The number of hydrogen-bond acceptors (Lipinski definition) is 3. The van der Waals surface area contributed by atoms with E-state index >= 15 is 0 Å². The number of hydrogen-bond donors (Lipinski definition) is 0. The lowest BCUT2D eigenvalue weighted by molar-refractivity contribution is -0.133. The molecule has 1 fully saturated rings. The molecule has 1 aromatic heterocycles. The number of fused-ring (bicyclic) bond motifs is 1. The van der Waals surface area contributed by atoms with Gasteiger partial charge in [0, 0.05) is 38.1 Å². The van der Waals surface area contributed by atoms with Crippen LogP contribution in [0.1, 0.15) is 43.2 Å². The number of halogens is 1. The summed E-state index contributed by atoms with van der Waals surface area (Å²) in [6.07, 6.45) is 7.48. The third-order valence-corrected chi connectivity index (χ3v) is 6.02. The van der Waals surface area contributed by atoms with Crippen LogP contribution in [0, 0.1) is 5.82 Å². The zero-order valence-electron chi connectivity index (χ0n) is 17.2. The van der Waals surface area contributed by atoms with Crippen LogP contribution in [0.5, 0.6) is 0 Å². The topological polar surface area (TPSA) is 53.5 Å². The predicted octanol–water partition coefficient (Wildman–Crippen LogP) is 3.85. The van der Waals surface area contributed by atoms with Gasteiger partial charge in [-0.25, -0.2) is 4.39 Å². The van der Waals surface area contributed by atoms with Crippen molar-refractivity contribution in [2.45, 2.75) is 51.2 Å². The van der Waals surface area contributed by atoms with Crippen LogP contribution in [0.25, 0.3) is 0 Å². The highest BCUT2D eigenvalue weighted by Crippen LogP contribution is 2.39. The first-order valence-corrected chi connectivity index (χ1v) is 10.4. The lowest BCUT2D eigenvalue weighted by atomic mass is 9.88. The van der Waals surface area contributed by atoms with Gasteiger partial charge in [0.15, 0.2) is 0 Å². The van der Waals surface area contributed by atoms with Crippen LogP contribution in [0.4, 0.5) is 4.39 Å². The van der Waals surface area contributed by atoms with Crippen LogP contribution in [-0.4, -0.2) is 39.7 Å². The van der Waals surface area contributed by atoms with E-state index < -0.39 is 0 Å². The number of aromatic nitrogens is 1. The molecule has 0 spiro atoms. The monoisotopic (exact) mass is 407 g/mol. The minimum absolute atomic E-state index is 0.0515. The zero-order valence-corrected chi connectivity index (χ0v) is 17.2. The fourth-order valence-electron chi connectivity index (χ4n) is 4.44. The fraction of sp³-hybridized carbons (Fsp3) is 0.375. The Kier molecular flexibility index (Phi) is 5.93. The second kappa shape index (κ2) is 8.78. The normalized spacial score (nSPS) is 18.5. The summed E-state index contributed by atoms with van der Waals surface area (Å²) in [7, 11) is 1.76. The molecule has 5 nitrogen and oxygen atoms in total. The molecule has 2 aliphatic rings. The zero-order chi connectivity index (χ0) is 21.1. The van der Waals surface area contributed by atoms with Gasteiger partial charge in [0.25, 0.3) is 5.91 Å². The van der Waals surface area contributed by atoms with E-state index in [0.717, 1.165) is 42.4 Å². The van der Waals surface area contributed by atoms with Gasteiger partial charge in [0.2, 0.25) is 5.91 Å². The van der Waals surface area contributed by atoms with E-state index in [4.69, 9.17) is 0 Å². The fourth-order valence-corrected chi connectivity index (χ4v) is 4.44. The Bertz CT molecular complexity index is 956. The van der Waals surface area contributed by atoms with Gasteiger partial charge < -0.3 is 9.80 Å². The lowest BCUT2D eigenvalue weighted by Crippen LogP contribution is -2.36. The van der Waals surface area contributed by atoms with Gasteiger partial charge in [-0.1, -0.05) is 24.6 Å². The van der Waals surface area contributed by atoms with Crippen molar-refractivity contribution in [3.63, 3.8) is 0 Å². The number of benzene rings is 1. The van der Waals surface area contributed by atoms with E-state index in [1.165, 1.54) is 12.1 Å². The maximum Gasteiger partial charge on any atom is 0.251 e. The quantitative estimate of drug-likeness (QED) is 0.731. The van der Waals surface area contributed by atoms with Crippen molar-refractivity contribution in [3.8, 4) is 0 Å². The molecule has 0 N–H and O–H groups in total. The van der Waals surface area contributed by atoms with Crippen LogP contribution in [0.15, 0.2) is 59.9 Å². The van der Waals surface area contributed by atoms with Gasteiger partial charge in [-0.05, 0) is 54.2 Å². The molecule has 1 aliphatic heterocycles. The molecule has 30 heavy (non-hydrogen) atoms. The third kappa shape index (κ3) is 4.27. The molecule has 0 bridgehead atoms. The second-order valence-corrected chi connectivity index (χ2v) is 8.11. The summed E-state index contributed by atoms with van der Waals surface area (Å²) in [5.41, 5.74) is 3.63. The van der Waals surface area contributed by atoms with Gasteiger partial charge in [-0.3, -0.25) is 14.6 Å². The van der Waals surface area contributed by atoms with E-state index in [-0.39, 0.29) is 30.1 Å². The third-order valence-electron chi connectivity index (χ3n) is 6.02. The number of pyridine rings is 1. The number of nitrogens with zero attached hydrogens (tertiary/aromatic N) is 3. The Morgan fingerprint density at radius 2 is 2.00 bits per heavy atom. The molecule has 1 atom stereocenters. The van der Waals surface area contributed by atoms with Gasteiger partial charge >= 0.3 is 0 Å². The SMILES string of the molecule is CN(Cc1cccnc1)C(=O)CC1=C2CCCCC2N(Cc2ccc(F)cc2)C1=O. The minimum Gasteiger partial charge on any atom is -0.341 e. The van der Waals surface area contributed by atoms with E-state index in [2.05, 4.69) is 4.98 Å². The Labute approximate surface area is 176 Å².